The van der Waals surface area contributed by atoms with Gasteiger partial charge in [0.15, 0.2) is 0 Å². The molecular formula is C30H30N4O4. The molecule has 3 aliphatic rings. The van der Waals surface area contributed by atoms with Crippen molar-refractivity contribution >= 4 is 23.5 Å². The molecule has 1 N–H and O–H groups in total. The highest BCUT2D eigenvalue weighted by Gasteiger charge is 2.55. The van der Waals surface area contributed by atoms with Crippen LogP contribution in [0.15, 0.2) is 77.6 Å². The molecule has 0 saturated carbocycles. The lowest BCUT2D eigenvalue weighted by Gasteiger charge is -2.47. The SMILES string of the molecule is Cc1ccc(CC2(CN3CC4CC(C3)c3cccc(=O)n3C4)C(=O)NC(=O)N(c3ccccc3)C2=O)cc1. The molecule has 3 unspecified atom stereocenters. The Bertz CT molecular complexity index is 1470. The Kier molecular flexibility index (Phi) is 5.99. The third-order valence-electron chi connectivity index (χ3n) is 8.16. The van der Waals surface area contributed by atoms with Crippen molar-refractivity contribution in [3.63, 3.8) is 0 Å². The number of imide groups is 2. The maximum atomic E-state index is 14.3. The topological polar surface area (TPSA) is 91.7 Å². The van der Waals surface area contributed by atoms with E-state index in [0.29, 0.717) is 25.3 Å². The van der Waals surface area contributed by atoms with Gasteiger partial charge in [-0.25, -0.2) is 9.69 Å². The number of pyridine rings is 1. The number of urea groups is 1. The van der Waals surface area contributed by atoms with Crippen molar-refractivity contribution in [3.05, 3.63) is 100.0 Å². The minimum atomic E-state index is -1.49. The molecule has 8 nitrogen and oxygen atoms in total. The standard InChI is InChI=1S/C30H30N4O4/c1-20-10-12-21(13-11-20)15-30(27(36)31-29(38)34(28(30)37)24-6-3-2-4-7-24)19-32-16-22-14-23(18-32)25-8-5-9-26(35)33(25)17-22/h2-13,22-23H,14-19H2,1H3,(H,31,36,38). The first kappa shape index (κ1) is 24.3. The average Bonchev–Trinajstić information content (AvgIpc) is 2.90. The second kappa shape index (κ2) is 9.36. The second-order valence-corrected chi connectivity index (χ2v) is 10.9. The maximum Gasteiger partial charge on any atom is 0.335 e. The van der Waals surface area contributed by atoms with E-state index in [1.165, 1.54) is 0 Å². The fraction of sp³-hybridized carbons (Fsp3) is 0.333. The molecular weight excluding hydrogens is 480 g/mol. The molecule has 2 bridgehead atoms. The number of amides is 4. The molecule has 0 radical (unpaired) electrons. The number of barbiturate groups is 1. The smallest absolute Gasteiger partial charge is 0.312 e. The Morgan fingerprint density at radius 1 is 0.868 bits per heavy atom. The van der Waals surface area contributed by atoms with Gasteiger partial charge in [0.2, 0.25) is 5.91 Å². The normalized spacial score (nSPS) is 25.2. The van der Waals surface area contributed by atoms with E-state index in [2.05, 4.69) is 10.2 Å². The molecule has 2 aromatic carbocycles. The number of nitrogens with one attached hydrogen (secondary N) is 1. The molecule has 38 heavy (non-hydrogen) atoms. The molecule has 6 rings (SSSR count). The van der Waals surface area contributed by atoms with Crippen molar-refractivity contribution in [3.8, 4) is 0 Å². The summed E-state index contributed by atoms with van der Waals surface area (Å²) in [7, 11) is 0. The molecule has 4 heterocycles. The highest BCUT2D eigenvalue weighted by atomic mass is 16.2. The van der Waals surface area contributed by atoms with Crippen LogP contribution in [-0.2, 0) is 22.6 Å². The van der Waals surface area contributed by atoms with Crippen LogP contribution in [0.5, 0.6) is 0 Å². The molecule has 194 valence electrons. The van der Waals surface area contributed by atoms with Gasteiger partial charge in [0.05, 0.1) is 5.69 Å². The summed E-state index contributed by atoms with van der Waals surface area (Å²) in [5, 5.41) is 2.50. The van der Waals surface area contributed by atoms with Gasteiger partial charge in [-0.3, -0.25) is 19.7 Å². The first-order valence-electron chi connectivity index (χ1n) is 13.1. The van der Waals surface area contributed by atoms with Crippen molar-refractivity contribution in [2.75, 3.05) is 24.5 Å². The van der Waals surface area contributed by atoms with Gasteiger partial charge in [-0.15, -0.1) is 0 Å². The third kappa shape index (κ3) is 4.15. The molecule has 3 aliphatic heterocycles. The van der Waals surface area contributed by atoms with Crippen LogP contribution in [0.2, 0.25) is 0 Å². The van der Waals surface area contributed by atoms with Gasteiger partial charge >= 0.3 is 6.03 Å². The molecule has 0 aliphatic carbocycles. The Morgan fingerprint density at radius 2 is 1.63 bits per heavy atom. The number of rotatable bonds is 5. The van der Waals surface area contributed by atoms with Crippen molar-refractivity contribution in [2.24, 2.45) is 11.3 Å². The Morgan fingerprint density at radius 3 is 2.39 bits per heavy atom. The second-order valence-electron chi connectivity index (χ2n) is 10.9. The Hall–Kier alpha value is -4.04. The minimum absolute atomic E-state index is 0.0142. The number of anilines is 1. The maximum absolute atomic E-state index is 14.3. The quantitative estimate of drug-likeness (QED) is 0.533. The van der Waals surface area contributed by atoms with Gasteiger partial charge in [0, 0.05) is 43.9 Å². The van der Waals surface area contributed by atoms with Crippen LogP contribution in [0.25, 0.3) is 0 Å². The predicted molar refractivity (Wildman–Crippen MR) is 143 cm³/mol. The number of fused-ring (bicyclic) bond motifs is 4. The van der Waals surface area contributed by atoms with E-state index in [0.717, 1.165) is 28.1 Å². The summed E-state index contributed by atoms with van der Waals surface area (Å²) in [6, 6.07) is 21.2. The first-order valence-corrected chi connectivity index (χ1v) is 13.1. The highest BCUT2D eigenvalue weighted by molar-refractivity contribution is 6.30. The van der Waals surface area contributed by atoms with Gasteiger partial charge in [-0.05, 0) is 49.4 Å². The molecule has 0 spiro atoms. The fourth-order valence-corrected chi connectivity index (χ4v) is 6.40. The zero-order valence-corrected chi connectivity index (χ0v) is 21.3. The largest absolute Gasteiger partial charge is 0.335 e. The summed E-state index contributed by atoms with van der Waals surface area (Å²) in [5.41, 5.74) is 1.91. The van der Waals surface area contributed by atoms with E-state index < -0.39 is 23.3 Å². The monoisotopic (exact) mass is 510 g/mol. The van der Waals surface area contributed by atoms with E-state index in [4.69, 9.17) is 0 Å². The number of hydrogen-bond donors (Lipinski definition) is 1. The van der Waals surface area contributed by atoms with E-state index in [9.17, 15) is 19.2 Å². The van der Waals surface area contributed by atoms with Crippen molar-refractivity contribution < 1.29 is 14.4 Å². The zero-order chi connectivity index (χ0) is 26.4. The first-order chi connectivity index (χ1) is 18.3. The van der Waals surface area contributed by atoms with Crippen LogP contribution in [0.1, 0.15) is 29.2 Å². The summed E-state index contributed by atoms with van der Waals surface area (Å²) in [5.74, 6) is -0.689. The van der Waals surface area contributed by atoms with Gasteiger partial charge < -0.3 is 9.47 Å². The van der Waals surface area contributed by atoms with Crippen LogP contribution < -0.4 is 15.8 Å². The van der Waals surface area contributed by atoms with E-state index >= 15 is 0 Å². The number of benzene rings is 2. The summed E-state index contributed by atoms with van der Waals surface area (Å²) in [6.07, 6.45) is 1.15. The number of aryl methyl sites for hydroxylation is 1. The molecule has 3 aromatic rings. The number of carbonyl (C=O) groups excluding carboxylic acids is 3. The molecule has 8 heteroatoms. The molecule has 1 aromatic heterocycles. The average molecular weight is 511 g/mol. The lowest BCUT2D eigenvalue weighted by Crippen LogP contribution is -2.68. The van der Waals surface area contributed by atoms with Gasteiger partial charge in [0.25, 0.3) is 11.5 Å². The van der Waals surface area contributed by atoms with Crippen LogP contribution >= 0.6 is 0 Å². The van der Waals surface area contributed by atoms with Gasteiger partial charge in [-0.2, -0.15) is 0 Å². The summed E-state index contributed by atoms with van der Waals surface area (Å²) >= 11 is 0. The Labute approximate surface area is 220 Å². The number of nitrogens with zero attached hydrogens (tertiary/aromatic N) is 3. The van der Waals surface area contributed by atoms with Crippen molar-refractivity contribution in [1.82, 2.24) is 14.8 Å². The van der Waals surface area contributed by atoms with Crippen LogP contribution in [0.4, 0.5) is 10.5 Å². The molecule has 4 amide bonds. The zero-order valence-electron chi connectivity index (χ0n) is 21.3. The number of piperidine rings is 1. The number of likely N-dealkylation sites (tertiary alicyclic amines) is 1. The van der Waals surface area contributed by atoms with E-state index in [1.807, 2.05) is 47.9 Å². The highest BCUT2D eigenvalue weighted by Crippen LogP contribution is 2.39. The van der Waals surface area contributed by atoms with Crippen molar-refractivity contribution in [1.29, 1.82) is 0 Å². The molecule has 3 atom stereocenters. The summed E-state index contributed by atoms with van der Waals surface area (Å²) in [4.78, 5) is 56.7. The van der Waals surface area contributed by atoms with Gasteiger partial charge in [0.1, 0.15) is 5.41 Å². The summed E-state index contributed by atoms with van der Waals surface area (Å²) in [6.45, 7) is 4.11. The van der Waals surface area contributed by atoms with Crippen LogP contribution in [0.3, 0.4) is 0 Å². The minimum Gasteiger partial charge on any atom is -0.312 e. The molecule has 2 saturated heterocycles. The third-order valence-corrected chi connectivity index (χ3v) is 8.16. The summed E-state index contributed by atoms with van der Waals surface area (Å²) < 4.78 is 1.87. The number of carbonyl (C=O) groups is 3. The lowest BCUT2D eigenvalue weighted by atomic mass is 9.75. The van der Waals surface area contributed by atoms with E-state index in [1.54, 1.807) is 36.4 Å². The molecule has 2 fully saturated rings. The fourth-order valence-electron chi connectivity index (χ4n) is 6.40. The number of hydrogen-bond acceptors (Lipinski definition) is 5. The number of aromatic nitrogens is 1. The van der Waals surface area contributed by atoms with Crippen LogP contribution in [-0.4, -0.2) is 46.9 Å². The van der Waals surface area contributed by atoms with Crippen LogP contribution in [0, 0.1) is 18.3 Å². The number of para-hydroxylation sites is 1. The van der Waals surface area contributed by atoms with Crippen molar-refractivity contribution in [2.45, 2.75) is 32.2 Å². The predicted octanol–water partition coefficient (Wildman–Crippen LogP) is 3.09. The Balaban J connectivity index is 1.38. The lowest BCUT2D eigenvalue weighted by molar-refractivity contribution is -0.144. The van der Waals surface area contributed by atoms with Gasteiger partial charge in [-0.1, -0.05) is 54.1 Å². The van der Waals surface area contributed by atoms with E-state index in [-0.39, 0.29) is 30.4 Å².